The smallest absolute Gasteiger partial charge is 0.239 e. The molecule has 0 aliphatic rings. The van der Waals surface area contributed by atoms with E-state index in [2.05, 4.69) is 0 Å². The number of benzene rings is 1. The molecule has 0 saturated heterocycles. The zero-order valence-electron chi connectivity index (χ0n) is 8.92. The molecule has 1 rings (SSSR count). The molecule has 1 aromatic carbocycles. The van der Waals surface area contributed by atoms with E-state index in [9.17, 15) is 15.0 Å². The van der Waals surface area contributed by atoms with Crippen LogP contribution in [0.5, 0.6) is 5.75 Å². The van der Waals surface area contributed by atoms with Gasteiger partial charge >= 0.3 is 0 Å². The van der Waals surface area contributed by atoms with Crippen LogP contribution in [0.4, 0.5) is 0 Å². The van der Waals surface area contributed by atoms with Crippen molar-refractivity contribution in [3.05, 3.63) is 29.8 Å². The summed E-state index contributed by atoms with van der Waals surface area (Å²) >= 11 is 0. The van der Waals surface area contributed by atoms with Gasteiger partial charge in [0.2, 0.25) is 5.79 Å². The van der Waals surface area contributed by atoms with Crippen LogP contribution in [0.15, 0.2) is 24.3 Å². The minimum absolute atomic E-state index is 0.114. The van der Waals surface area contributed by atoms with Crippen LogP contribution in [-0.2, 0) is 11.2 Å². The van der Waals surface area contributed by atoms with E-state index in [4.69, 9.17) is 10.8 Å². The second-order valence-corrected chi connectivity index (χ2v) is 3.76. The number of Topliss-reactive ketones (excluding diaryl/α,β-unsaturated/α-hetero) is 1. The molecular weight excluding hydrogens is 210 g/mol. The van der Waals surface area contributed by atoms with Crippen molar-refractivity contribution in [2.75, 3.05) is 0 Å². The van der Waals surface area contributed by atoms with Crippen molar-refractivity contribution in [1.82, 2.24) is 0 Å². The van der Waals surface area contributed by atoms with Gasteiger partial charge in [0, 0.05) is 6.92 Å². The first-order valence-electron chi connectivity index (χ1n) is 4.83. The van der Waals surface area contributed by atoms with Gasteiger partial charge in [0.05, 0.1) is 6.04 Å². The van der Waals surface area contributed by atoms with Gasteiger partial charge in [0.1, 0.15) is 5.75 Å². The van der Waals surface area contributed by atoms with Gasteiger partial charge in [0.15, 0.2) is 5.78 Å². The van der Waals surface area contributed by atoms with Crippen LogP contribution in [-0.4, -0.2) is 32.9 Å². The Labute approximate surface area is 93.1 Å². The third kappa shape index (κ3) is 2.79. The van der Waals surface area contributed by atoms with Gasteiger partial charge in [-0.1, -0.05) is 12.1 Å². The Morgan fingerprint density at radius 2 is 1.88 bits per heavy atom. The molecular formula is C11H15NO4. The van der Waals surface area contributed by atoms with E-state index in [1.807, 2.05) is 0 Å². The Morgan fingerprint density at radius 3 is 2.31 bits per heavy atom. The summed E-state index contributed by atoms with van der Waals surface area (Å²) in [5, 5.41) is 27.9. The third-order valence-corrected chi connectivity index (χ3v) is 2.43. The summed E-state index contributed by atoms with van der Waals surface area (Å²) < 4.78 is 0. The molecule has 0 heterocycles. The predicted molar refractivity (Wildman–Crippen MR) is 57.6 cm³/mol. The molecule has 5 heteroatoms. The molecule has 5 nitrogen and oxygen atoms in total. The summed E-state index contributed by atoms with van der Waals surface area (Å²) in [6.07, 6.45) is 0.132. The predicted octanol–water partition coefficient (Wildman–Crippen LogP) is -0.468. The van der Waals surface area contributed by atoms with Crippen LogP contribution in [0.2, 0.25) is 0 Å². The zero-order chi connectivity index (χ0) is 12.3. The normalized spacial score (nSPS) is 13.5. The number of hydrogen-bond donors (Lipinski definition) is 4. The lowest BCUT2D eigenvalue weighted by Gasteiger charge is -2.25. The summed E-state index contributed by atoms with van der Waals surface area (Å²) in [5.74, 6) is -3.19. The lowest BCUT2D eigenvalue weighted by atomic mass is 9.97. The van der Waals surface area contributed by atoms with Crippen LogP contribution < -0.4 is 5.73 Å². The van der Waals surface area contributed by atoms with Crippen molar-refractivity contribution in [2.45, 2.75) is 25.2 Å². The molecule has 88 valence electrons. The summed E-state index contributed by atoms with van der Waals surface area (Å²) in [4.78, 5) is 10.9. The quantitative estimate of drug-likeness (QED) is 0.519. The van der Waals surface area contributed by atoms with Gasteiger partial charge in [0.25, 0.3) is 0 Å². The number of nitrogens with two attached hydrogens (primary N) is 1. The highest BCUT2D eigenvalue weighted by atomic mass is 16.5. The minimum atomic E-state index is -2.52. The monoisotopic (exact) mass is 225 g/mol. The van der Waals surface area contributed by atoms with E-state index in [1.54, 1.807) is 12.1 Å². The summed E-state index contributed by atoms with van der Waals surface area (Å²) in [7, 11) is 0. The van der Waals surface area contributed by atoms with Gasteiger partial charge in [-0.15, -0.1) is 0 Å². The van der Waals surface area contributed by atoms with Crippen LogP contribution in [0.1, 0.15) is 12.5 Å². The number of phenols is 1. The van der Waals surface area contributed by atoms with Crippen molar-refractivity contribution >= 4 is 5.78 Å². The molecule has 16 heavy (non-hydrogen) atoms. The Balaban J connectivity index is 2.75. The molecule has 0 amide bonds. The van der Waals surface area contributed by atoms with Gasteiger partial charge < -0.3 is 21.1 Å². The van der Waals surface area contributed by atoms with E-state index in [0.717, 1.165) is 6.92 Å². The van der Waals surface area contributed by atoms with E-state index < -0.39 is 17.6 Å². The standard InChI is InChI=1S/C11H15NO4/c1-7(13)11(15,16)10(12)6-8-2-4-9(14)5-3-8/h2-5,10,14-16H,6,12H2,1H3/t10-/m0/s1. The highest BCUT2D eigenvalue weighted by molar-refractivity contribution is 5.83. The Morgan fingerprint density at radius 1 is 1.38 bits per heavy atom. The fourth-order valence-electron chi connectivity index (χ4n) is 1.29. The number of aromatic hydroxyl groups is 1. The first-order chi connectivity index (χ1) is 7.34. The maximum absolute atomic E-state index is 10.9. The zero-order valence-corrected chi connectivity index (χ0v) is 8.92. The Bertz CT molecular complexity index is 372. The van der Waals surface area contributed by atoms with Crippen LogP contribution in [0, 0.1) is 0 Å². The van der Waals surface area contributed by atoms with Crippen LogP contribution in [0.3, 0.4) is 0 Å². The third-order valence-electron chi connectivity index (χ3n) is 2.43. The molecule has 0 fully saturated rings. The molecule has 0 unspecified atom stereocenters. The van der Waals surface area contributed by atoms with E-state index in [-0.39, 0.29) is 12.2 Å². The number of phenolic OH excluding ortho intramolecular Hbond substituents is 1. The van der Waals surface area contributed by atoms with Crippen molar-refractivity contribution in [3.63, 3.8) is 0 Å². The van der Waals surface area contributed by atoms with Gasteiger partial charge in [-0.05, 0) is 24.1 Å². The lowest BCUT2D eigenvalue weighted by molar-refractivity contribution is -0.188. The first kappa shape index (κ1) is 12.6. The maximum atomic E-state index is 10.9. The topological polar surface area (TPSA) is 104 Å². The second-order valence-electron chi connectivity index (χ2n) is 3.76. The molecule has 0 saturated carbocycles. The van der Waals surface area contributed by atoms with Crippen molar-refractivity contribution in [2.24, 2.45) is 5.73 Å². The Kier molecular flexibility index (Phi) is 3.64. The number of carbonyl (C=O) groups is 1. The van der Waals surface area contributed by atoms with Gasteiger partial charge in [-0.2, -0.15) is 0 Å². The van der Waals surface area contributed by atoms with E-state index >= 15 is 0 Å². The maximum Gasteiger partial charge on any atom is 0.239 e. The Hall–Kier alpha value is -1.43. The molecule has 1 aromatic rings. The molecule has 0 aliphatic carbocycles. The van der Waals surface area contributed by atoms with Crippen LogP contribution in [0.25, 0.3) is 0 Å². The van der Waals surface area contributed by atoms with Gasteiger partial charge in [-0.3, -0.25) is 4.79 Å². The van der Waals surface area contributed by atoms with Crippen LogP contribution >= 0.6 is 0 Å². The summed E-state index contributed by atoms with van der Waals surface area (Å²) in [6.45, 7) is 1.07. The molecule has 0 spiro atoms. The van der Waals surface area contributed by atoms with Gasteiger partial charge in [-0.25, -0.2) is 0 Å². The number of hydrogen-bond acceptors (Lipinski definition) is 5. The largest absolute Gasteiger partial charge is 0.508 e. The number of rotatable bonds is 4. The fourth-order valence-corrected chi connectivity index (χ4v) is 1.29. The second kappa shape index (κ2) is 4.61. The van der Waals surface area contributed by atoms with Crippen molar-refractivity contribution in [3.8, 4) is 5.75 Å². The van der Waals surface area contributed by atoms with Crippen molar-refractivity contribution < 1.29 is 20.1 Å². The SMILES string of the molecule is CC(=O)C(O)(O)[C@@H](N)Cc1ccc(O)cc1. The van der Waals surface area contributed by atoms with E-state index in [0.29, 0.717) is 5.56 Å². The summed E-state index contributed by atoms with van der Waals surface area (Å²) in [6, 6.07) is 5.03. The molecule has 1 atom stereocenters. The first-order valence-corrected chi connectivity index (χ1v) is 4.83. The highest BCUT2D eigenvalue weighted by Crippen LogP contribution is 2.15. The lowest BCUT2D eigenvalue weighted by Crippen LogP contribution is -2.54. The molecule has 5 N–H and O–H groups in total. The highest BCUT2D eigenvalue weighted by Gasteiger charge is 2.36. The number of ketones is 1. The molecule has 0 bridgehead atoms. The molecule has 0 radical (unpaired) electrons. The van der Waals surface area contributed by atoms with Crippen molar-refractivity contribution in [1.29, 1.82) is 0 Å². The fraction of sp³-hybridized carbons (Fsp3) is 0.364. The average Bonchev–Trinajstić information content (AvgIpc) is 2.21. The number of carbonyl (C=O) groups excluding carboxylic acids is 1. The average molecular weight is 225 g/mol. The van der Waals surface area contributed by atoms with E-state index in [1.165, 1.54) is 12.1 Å². The molecule has 0 aromatic heterocycles. The molecule has 0 aliphatic heterocycles. The minimum Gasteiger partial charge on any atom is -0.508 e. The summed E-state index contributed by atoms with van der Waals surface area (Å²) in [5.41, 5.74) is 6.25. The number of aliphatic hydroxyl groups is 2.